The van der Waals surface area contributed by atoms with Crippen LogP contribution in [0.25, 0.3) is 0 Å². The van der Waals surface area contributed by atoms with Crippen molar-refractivity contribution in [3.8, 4) is 0 Å². The van der Waals surface area contributed by atoms with E-state index in [1.165, 1.54) is 6.08 Å². The first-order valence-electron chi connectivity index (χ1n) is 3.14. The molecule has 0 fully saturated rings. The molecule has 1 aliphatic rings. The predicted molar refractivity (Wildman–Crippen MR) is 36.9 cm³/mol. The molecule has 0 aromatic rings. The summed E-state index contributed by atoms with van der Waals surface area (Å²) in [6.45, 7) is -0.252. The number of rotatable bonds is 3. The second-order valence-corrected chi connectivity index (χ2v) is 1.95. The minimum Gasteiger partial charge on any atom is -0.490 e. The zero-order valence-corrected chi connectivity index (χ0v) is 5.76. The molecule has 11 heavy (non-hydrogen) atoms. The Morgan fingerprint density at radius 2 is 2.55 bits per heavy atom. The lowest BCUT2D eigenvalue weighted by Crippen LogP contribution is -2.06. The highest BCUT2D eigenvalue weighted by molar-refractivity contribution is 5.57. The maximum atomic E-state index is 11.6. The molecule has 0 bridgehead atoms. The molecule has 0 saturated heterocycles. The third-order valence-corrected chi connectivity index (χ3v) is 1.06. The van der Waals surface area contributed by atoms with Crippen LogP contribution in [0.15, 0.2) is 22.9 Å². The maximum absolute atomic E-state index is 11.6. The van der Waals surface area contributed by atoms with Crippen LogP contribution in [-0.4, -0.2) is 25.4 Å². The van der Waals surface area contributed by atoms with Gasteiger partial charge < -0.3 is 4.74 Å². The SMILES string of the molecule is FC(F)COC1=CC=C=NC1. The smallest absolute Gasteiger partial charge is 0.272 e. The van der Waals surface area contributed by atoms with E-state index in [9.17, 15) is 8.78 Å². The first-order chi connectivity index (χ1) is 5.29. The van der Waals surface area contributed by atoms with Gasteiger partial charge in [0.15, 0.2) is 0 Å². The average Bonchev–Trinajstić information content (AvgIpc) is 2.03. The fourth-order valence-corrected chi connectivity index (χ4v) is 0.623. The molecule has 0 aromatic carbocycles. The lowest BCUT2D eigenvalue weighted by atomic mass is 10.4. The molecule has 2 nitrogen and oxygen atoms in total. The Kier molecular flexibility index (Phi) is 2.81. The zero-order valence-electron chi connectivity index (χ0n) is 5.76. The van der Waals surface area contributed by atoms with Gasteiger partial charge in [0.1, 0.15) is 18.9 Å². The monoisotopic (exact) mass is 159 g/mol. The Bertz CT molecular complexity index is 216. The van der Waals surface area contributed by atoms with Crippen molar-refractivity contribution in [3.05, 3.63) is 17.9 Å². The quantitative estimate of drug-likeness (QED) is 0.609. The van der Waals surface area contributed by atoms with E-state index in [0.717, 1.165) is 0 Å². The number of ether oxygens (including phenoxy) is 1. The third-order valence-electron chi connectivity index (χ3n) is 1.06. The van der Waals surface area contributed by atoms with Crippen molar-refractivity contribution >= 4 is 5.87 Å². The van der Waals surface area contributed by atoms with Crippen molar-refractivity contribution in [2.45, 2.75) is 6.43 Å². The Morgan fingerprint density at radius 3 is 3.09 bits per heavy atom. The van der Waals surface area contributed by atoms with Crippen molar-refractivity contribution in [3.63, 3.8) is 0 Å². The zero-order chi connectivity index (χ0) is 8.10. The number of hydrogen-bond acceptors (Lipinski definition) is 2. The first kappa shape index (κ1) is 7.95. The topological polar surface area (TPSA) is 21.6 Å². The van der Waals surface area contributed by atoms with Crippen LogP contribution in [0.4, 0.5) is 8.78 Å². The van der Waals surface area contributed by atoms with Gasteiger partial charge in [-0.15, -0.1) is 0 Å². The molecular weight excluding hydrogens is 152 g/mol. The van der Waals surface area contributed by atoms with Gasteiger partial charge >= 0.3 is 0 Å². The summed E-state index contributed by atoms with van der Waals surface area (Å²) in [5.41, 5.74) is 0. The van der Waals surface area contributed by atoms with Gasteiger partial charge in [0.25, 0.3) is 6.43 Å². The molecule has 0 aromatic heterocycles. The normalized spacial score (nSPS) is 15.4. The van der Waals surface area contributed by atoms with Crippen LogP contribution >= 0.6 is 0 Å². The van der Waals surface area contributed by atoms with Crippen LogP contribution in [0, 0.1) is 0 Å². The molecule has 0 N–H and O–H groups in total. The Labute approximate surface area is 62.9 Å². The van der Waals surface area contributed by atoms with Crippen molar-refractivity contribution < 1.29 is 13.5 Å². The van der Waals surface area contributed by atoms with Crippen LogP contribution in [0.2, 0.25) is 0 Å². The van der Waals surface area contributed by atoms with E-state index < -0.39 is 13.0 Å². The van der Waals surface area contributed by atoms with E-state index in [2.05, 4.69) is 10.9 Å². The average molecular weight is 159 g/mol. The molecule has 1 aliphatic heterocycles. The van der Waals surface area contributed by atoms with E-state index in [4.69, 9.17) is 4.74 Å². The van der Waals surface area contributed by atoms with E-state index in [1.807, 2.05) is 0 Å². The highest BCUT2D eigenvalue weighted by Crippen LogP contribution is 2.03. The lowest BCUT2D eigenvalue weighted by Gasteiger charge is -2.07. The second kappa shape index (κ2) is 3.88. The summed E-state index contributed by atoms with van der Waals surface area (Å²) in [6, 6.07) is 0. The number of alkyl halides is 2. The van der Waals surface area contributed by atoms with Gasteiger partial charge in [0, 0.05) is 6.08 Å². The summed E-state index contributed by atoms with van der Waals surface area (Å²) in [6.07, 6.45) is 0.686. The predicted octanol–water partition coefficient (Wildman–Crippen LogP) is 1.39. The van der Waals surface area contributed by atoms with Gasteiger partial charge in [-0.1, -0.05) is 0 Å². The van der Waals surface area contributed by atoms with Crippen LogP contribution < -0.4 is 0 Å². The molecule has 0 saturated carbocycles. The van der Waals surface area contributed by atoms with Crippen molar-refractivity contribution in [1.82, 2.24) is 0 Å². The van der Waals surface area contributed by atoms with E-state index >= 15 is 0 Å². The molecule has 4 heteroatoms. The summed E-state index contributed by atoms with van der Waals surface area (Å²) in [5.74, 6) is 3.02. The van der Waals surface area contributed by atoms with Crippen molar-refractivity contribution in [1.29, 1.82) is 0 Å². The van der Waals surface area contributed by atoms with E-state index in [0.29, 0.717) is 12.3 Å². The first-order valence-corrected chi connectivity index (χ1v) is 3.14. The van der Waals surface area contributed by atoms with Crippen LogP contribution in [0.3, 0.4) is 0 Å². The van der Waals surface area contributed by atoms with Crippen molar-refractivity contribution in [2.75, 3.05) is 13.2 Å². The van der Waals surface area contributed by atoms with Gasteiger partial charge in [-0.05, 0) is 11.9 Å². The molecule has 60 valence electrons. The molecule has 1 rings (SSSR count). The molecule has 0 radical (unpaired) electrons. The molecule has 0 aliphatic carbocycles. The molecule has 0 unspecified atom stereocenters. The summed E-state index contributed by atoms with van der Waals surface area (Å²) in [4.78, 5) is 3.69. The number of hydrogen-bond donors (Lipinski definition) is 0. The third kappa shape index (κ3) is 2.96. The Morgan fingerprint density at radius 1 is 1.73 bits per heavy atom. The number of halogens is 2. The Balaban J connectivity index is 2.29. The summed E-state index contributed by atoms with van der Waals surface area (Å²) in [5, 5.41) is 0. The van der Waals surface area contributed by atoms with Gasteiger partial charge in [-0.2, -0.15) is 0 Å². The summed E-state index contributed by atoms with van der Waals surface area (Å²) in [7, 11) is 0. The van der Waals surface area contributed by atoms with Crippen LogP contribution in [0.5, 0.6) is 0 Å². The standard InChI is InChI=1S/C7H7F2NO/c8-7(9)5-11-6-2-1-3-10-4-6/h1-2,7H,4-5H2. The van der Waals surface area contributed by atoms with Gasteiger partial charge in [0.05, 0.1) is 0 Å². The van der Waals surface area contributed by atoms with Crippen LogP contribution in [0.1, 0.15) is 0 Å². The molecule has 0 atom stereocenters. The lowest BCUT2D eigenvalue weighted by molar-refractivity contribution is 0.0482. The van der Waals surface area contributed by atoms with E-state index in [1.54, 1.807) is 6.08 Å². The van der Waals surface area contributed by atoms with Gasteiger partial charge in [0.2, 0.25) is 0 Å². The second-order valence-electron chi connectivity index (χ2n) is 1.95. The minimum absolute atomic E-state index is 0.309. The highest BCUT2D eigenvalue weighted by atomic mass is 19.3. The maximum Gasteiger partial charge on any atom is 0.272 e. The molecule has 0 spiro atoms. The fourth-order valence-electron chi connectivity index (χ4n) is 0.623. The Hall–Kier alpha value is -1.15. The molecule has 1 heterocycles. The number of allylic oxidation sites excluding steroid dienone is 2. The number of nitrogens with zero attached hydrogens (tertiary/aromatic N) is 1. The summed E-state index contributed by atoms with van der Waals surface area (Å²) < 4.78 is 27.9. The minimum atomic E-state index is -2.43. The van der Waals surface area contributed by atoms with Gasteiger partial charge in [-0.25, -0.2) is 13.8 Å². The fraction of sp³-hybridized carbons (Fsp3) is 0.429. The summed E-state index contributed by atoms with van der Waals surface area (Å²) >= 11 is 0. The number of aliphatic imine (C=N–C) groups is 1. The molecule has 0 amide bonds. The molecular formula is C7H7F2NO. The van der Waals surface area contributed by atoms with E-state index in [-0.39, 0.29) is 0 Å². The van der Waals surface area contributed by atoms with Crippen LogP contribution in [-0.2, 0) is 4.74 Å². The van der Waals surface area contributed by atoms with Crippen molar-refractivity contribution in [2.24, 2.45) is 4.99 Å². The highest BCUT2D eigenvalue weighted by Gasteiger charge is 2.04. The largest absolute Gasteiger partial charge is 0.490 e. The van der Waals surface area contributed by atoms with Gasteiger partial charge in [-0.3, -0.25) is 0 Å².